The van der Waals surface area contributed by atoms with Crippen LogP contribution < -0.4 is 0 Å². The average molecular weight is 241 g/mol. The lowest BCUT2D eigenvalue weighted by Gasteiger charge is -2.30. The number of aliphatic carboxylic acids is 1. The predicted octanol–water partition coefficient (Wildman–Crippen LogP) is 1.99. The number of carboxylic acids is 1. The van der Waals surface area contributed by atoms with Crippen LogP contribution >= 0.6 is 0 Å². The maximum absolute atomic E-state index is 12.3. The molecule has 1 rings (SSSR count). The van der Waals surface area contributed by atoms with E-state index in [4.69, 9.17) is 5.11 Å². The van der Waals surface area contributed by atoms with Crippen molar-refractivity contribution in [2.75, 3.05) is 13.1 Å². The van der Waals surface area contributed by atoms with Gasteiger partial charge >= 0.3 is 5.97 Å². The predicted molar refractivity (Wildman–Crippen MR) is 65.6 cm³/mol. The van der Waals surface area contributed by atoms with Crippen molar-refractivity contribution in [1.82, 2.24) is 4.90 Å². The van der Waals surface area contributed by atoms with Gasteiger partial charge in [0.05, 0.1) is 5.92 Å². The van der Waals surface area contributed by atoms with Gasteiger partial charge in [-0.3, -0.25) is 9.59 Å². The largest absolute Gasteiger partial charge is 0.481 e. The molecule has 1 aliphatic heterocycles. The lowest BCUT2D eigenvalue weighted by Crippen LogP contribution is -2.40. The summed E-state index contributed by atoms with van der Waals surface area (Å²) in [7, 11) is 0. The van der Waals surface area contributed by atoms with Gasteiger partial charge in [-0.25, -0.2) is 0 Å². The standard InChI is InChI=1S/C13H23NO3/c1-9(2)7-13(3,4)12(17)14-6-5-10(8-14)11(15)16/h9-10H,5-8H2,1-4H3,(H,15,16). The minimum atomic E-state index is -0.790. The van der Waals surface area contributed by atoms with E-state index in [2.05, 4.69) is 13.8 Å². The summed E-state index contributed by atoms with van der Waals surface area (Å²) in [6.07, 6.45) is 1.42. The Kier molecular flexibility index (Phi) is 4.17. The fourth-order valence-electron chi connectivity index (χ4n) is 2.68. The smallest absolute Gasteiger partial charge is 0.308 e. The van der Waals surface area contributed by atoms with Gasteiger partial charge < -0.3 is 10.0 Å². The van der Waals surface area contributed by atoms with E-state index in [0.29, 0.717) is 25.4 Å². The molecular formula is C13H23NO3. The third-order valence-electron chi connectivity index (χ3n) is 3.32. The van der Waals surface area contributed by atoms with Crippen LogP contribution in [0.5, 0.6) is 0 Å². The first-order chi connectivity index (χ1) is 7.74. The van der Waals surface area contributed by atoms with Crippen molar-refractivity contribution in [3.63, 3.8) is 0 Å². The van der Waals surface area contributed by atoms with Gasteiger partial charge in [0, 0.05) is 18.5 Å². The molecule has 1 N–H and O–H groups in total. The van der Waals surface area contributed by atoms with E-state index in [-0.39, 0.29) is 17.2 Å². The van der Waals surface area contributed by atoms with Crippen molar-refractivity contribution < 1.29 is 14.7 Å². The Morgan fingerprint density at radius 3 is 2.41 bits per heavy atom. The first-order valence-electron chi connectivity index (χ1n) is 6.26. The highest BCUT2D eigenvalue weighted by Gasteiger charge is 2.37. The van der Waals surface area contributed by atoms with Crippen molar-refractivity contribution in [2.24, 2.45) is 17.3 Å². The number of likely N-dealkylation sites (tertiary alicyclic amines) is 1. The molecule has 0 radical (unpaired) electrons. The van der Waals surface area contributed by atoms with Crippen molar-refractivity contribution in [2.45, 2.75) is 40.5 Å². The van der Waals surface area contributed by atoms with Crippen LogP contribution in [0, 0.1) is 17.3 Å². The molecule has 4 heteroatoms. The van der Waals surface area contributed by atoms with Gasteiger partial charge in [-0.15, -0.1) is 0 Å². The second-order valence-electron chi connectivity index (χ2n) is 6.06. The molecule has 1 fully saturated rings. The third kappa shape index (κ3) is 3.45. The van der Waals surface area contributed by atoms with E-state index >= 15 is 0 Å². The van der Waals surface area contributed by atoms with Crippen LogP contribution in [-0.2, 0) is 9.59 Å². The molecule has 0 aromatic carbocycles. The van der Waals surface area contributed by atoms with E-state index in [1.54, 1.807) is 4.90 Å². The van der Waals surface area contributed by atoms with Crippen LogP contribution in [0.2, 0.25) is 0 Å². The highest BCUT2D eigenvalue weighted by atomic mass is 16.4. The Morgan fingerprint density at radius 2 is 2.00 bits per heavy atom. The molecule has 1 aliphatic rings. The average Bonchev–Trinajstić information content (AvgIpc) is 2.62. The van der Waals surface area contributed by atoms with Gasteiger partial charge in [0.2, 0.25) is 5.91 Å². The van der Waals surface area contributed by atoms with Crippen molar-refractivity contribution in [3.8, 4) is 0 Å². The van der Waals surface area contributed by atoms with Gasteiger partial charge in [-0.1, -0.05) is 27.7 Å². The molecule has 17 heavy (non-hydrogen) atoms. The minimum absolute atomic E-state index is 0.0925. The van der Waals surface area contributed by atoms with E-state index in [1.807, 2.05) is 13.8 Å². The second kappa shape index (κ2) is 5.07. The summed E-state index contributed by atoms with van der Waals surface area (Å²) < 4.78 is 0. The van der Waals surface area contributed by atoms with Crippen LogP contribution in [0.3, 0.4) is 0 Å². The number of hydrogen-bond donors (Lipinski definition) is 1. The maximum atomic E-state index is 12.3. The second-order valence-corrected chi connectivity index (χ2v) is 6.06. The topological polar surface area (TPSA) is 57.6 Å². The van der Waals surface area contributed by atoms with Crippen LogP contribution in [0.1, 0.15) is 40.5 Å². The van der Waals surface area contributed by atoms with E-state index < -0.39 is 5.97 Å². The van der Waals surface area contributed by atoms with Crippen LogP contribution in [-0.4, -0.2) is 35.0 Å². The summed E-state index contributed by atoms with van der Waals surface area (Å²) in [6.45, 7) is 9.04. The SMILES string of the molecule is CC(C)CC(C)(C)C(=O)N1CCC(C(=O)O)C1. The molecule has 1 atom stereocenters. The molecule has 0 bridgehead atoms. The van der Waals surface area contributed by atoms with Gasteiger partial charge in [0.15, 0.2) is 0 Å². The Labute approximate surface area is 103 Å². The molecule has 1 amide bonds. The van der Waals surface area contributed by atoms with Gasteiger partial charge in [-0.2, -0.15) is 0 Å². The van der Waals surface area contributed by atoms with Crippen molar-refractivity contribution in [1.29, 1.82) is 0 Å². The molecule has 1 saturated heterocycles. The zero-order valence-corrected chi connectivity index (χ0v) is 11.2. The lowest BCUT2D eigenvalue weighted by atomic mass is 9.82. The summed E-state index contributed by atoms with van der Waals surface area (Å²) in [5.74, 6) is -0.613. The Morgan fingerprint density at radius 1 is 1.41 bits per heavy atom. The van der Waals surface area contributed by atoms with Crippen LogP contribution in [0.4, 0.5) is 0 Å². The van der Waals surface area contributed by atoms with E-state index in [1.165, 1.54) is 0 Å². The number of carboxylic acid groups (broad SMARTS) is 1. The normalized spacial score (nSPS) is 21.0. The van der Waals surface area contributed by atoms with Crippen molar-refractivity contribution in [3.05, 3.63) is 0 Å². The fraction of sp³-hybridized carbons (Fsp3) is 0.846. The van der Waals surface area contributed by atoms with E-state index in [0.717, 1.165) is 6.42 Å². The minimum Gasteiger partial charge on any atom is -0.481 e. The number of carbonyl (C=O) groups is 2. The zero-order chi connectivity index (χ0) is 13.2. The fourth-order valence-corrected chi connectivity index (χ4v) is 2.68. The third-order valence-corrected chi connectivity index (χ3v) is 3.32. The number of rotatable bonds is 4. The summed E-state index contributed by atoms with van der Waals surface area (Å²) in [5.41, 5.74) is -0.387. The first kappa shape index (κ1) is 14.0. The summed E-state index contributed by atoms with van der Waals surface area (Å²) in [6, 6.07) is 0. The van der Waals surface area contributed by atoms with Crippen molar-refractivity contribution >= 4 is 11.9 Å². The summed E-state index contributed by atoms with van der Waals surface area (Å²) in [4.78, 5) is 24.9. The van der Waals surface area contributed by atoms with Crippen LogP contribution in [0.25, 0.3) is 0 Å². The van der Waals surface area contributed by atoms with Gasteiger partial charge in [0.25, 0.3) is 0 Å². The number of hydrogen-bond acceptors (Lipinski definition) is 2. The molecule has 98 valence electrons. The van der Waals surface area contributed by atoms with E-state index in [9.17, 15) is 9.59 Å². The lowest BCUT2D eigenvalue weighted by molar-refractivity contribution is -0.143. The highest BCUT2D eigenvalue weighted by molar-refractivity contribution is 5.83. The zero-order valence-electron chi connectivity index (χ0n) is 11.2. The summed E-state index contributed by atoms with van der Waals surface area (Å²) in [5, 5.41) is 8.92. The molecule has 1 heterocycles. The van der Waals surface area contributed by atoms with Crippen LogP contribution in [0.15, 0.2) is 0 Å². The molecular weight excluding hydrogens is 218 g/mol. The molecule has 1 unspecified atom stereocenters. The Hall–Kier alpha value is -1.06. The monoisotopic (exact) mass is 241 g/mol. The molecule has 0 aromatic rings. The summed E-state index contributed by atoms with van der Waals surface area (Å²) >= 11 is 0. The molecule has 0 spiro atoms. The maximum Gasteiger partial charge on any atom is 0.308 e. The number of carbonyl (C=O) groups excluding carboxylic acids is 1. The number of amides is 1. The highest BCUT2D eigenvalue weighted by Crippen LogP contribution is 2.30. The number of nitrogens with zero attached hydrogens (tertiary/aromatic N) is 1. The molecule has 0 aliphatic carbocycles. The van der Waals surface area contributed by atoms with Gasteiger partial charge in [-0.05, 0) is 18.8 Å². The Balaban J connectivity index is 2.62. The molecule has 0 aromatic heterocycles. The van der Waals surface area contributed by atoms with Gasteiger partial charge in [0.1, 0.15) is 0 Å². The Bertz CT molecular complexity index is 310. The molecule has 4 nitrogen and oxygen atoms in total. The first-order valence-corrected chi connectivity index (χ1v) is 6.26. The quantitative estimate of drug-likeness (QED) is 0.819. The molecule has 0 saturated carbocycles.